The molecule has 88 valence electrons. The number of rotatable bonds is 3. The van der Waals surface area contributed by atoms with E-state index < -0.39 is 0 Å². The van der Waals surface area contributed by atoms with E-state index in [4.69, 9.17) is 0 Å². The van der Waals surface area contributed by atoms with Crippen molar-refractivity contribution in [2.45, 2.75) is 32.6 Å². The summed E-state index contributed by atoms with van der Waals surface area (Å²) in [6, 6.07) is 8.03. The summed E-state index contributed by atoms with van der Waals surface area (Å²) in [5.74, 6) is 1.11. The number of aromatic hydroxyl groups is 1. The molecule has 0 radical (unpaired) electrons. The van der Waals surface area contributed by atoms with Gasteiger partial charge in [0.25, 0.3) is 0 Å². The molecule has 1 heterocycles. The van der Waals surface area contributed by atoms with Crippen molar-refractivity contribution in [3.05, 3.63) is 35.5 Å². The number of benzene rings is 1. The van der Waals surface area contributed by atoms with E-state index in [0.717, 1.165) is 35.4 Å². The highest BCUT2D eigenvalue weighted by Gasteiger charge is 2.23. The second-order valence-corrected chi connectivity index (χ2v) is 4.94. The Kier molecular flexibility index (Phi) is 2.50. The first-order valence-electron chi connectivity index (χ1n) is 6.38. The Morgan fingerprint density at radius 2 is 2.18 bits per heavy atom. The van der Waals surface area contributed by atoms with Crippen molar-refractivity contribution in [3.8, 4) is 5.75 Å². The van der Waals surface area contributed by atoms with Gasteiger partial charge >= 0.3 is 0 Å². The van der Waals surface area contributed by atoms with Crippen LogP contribution < -0.4 is 0 Å². The summed E-state index contributed by atoms with van der Waals surface area (Å²) in [4.78, 5) is 4.68. The minimum atomic E-state index is 0.359. The number of hydrogen-bond donors (Lipinski definition) is 1. The molecule has 0 bridgehead atoms. The van der Waals surface area contributed by atoms with Gasteiger partial charge < -0.3 is 5.11 Å². The SMILES string of the molecule is CCc1cccc2cc(O)c(CC3CC3)nc12. The van der Waals surface area contributed by atoms with Crippen molar-refractivity contribution in [1.82, 2.24) is 4.98 Å². The Balaban J connectivity index is 2.13. The van der Waals surface area contributed by atoms with Crippen molar-refractivity contribution in [3.63, 3.8) is 0 Å². The zero-order valence-corrected chi connectivity index (χ0v) is 10.1. The van der Waals surface area contributed by atoms with Gasteiger partial charge in [0.1, 0.15) is 5.75 Å². The van der Waals surface area contributed by atoms with Crippen LogP contribution in [0.4, 0.5) is 0 Å². The maximum Gasteiger partial charge on any atom is 0.137 e. The molecule has 2 heteroatoms. The molecule has 2 aromatic rings. The van der Waals surface area contributed by atoms with Crippen LogP contribution >= 0.6 is 0 Å². The summed E-state index contributed by atoms with van der Waals surface area (Å²) in [5, 5.41) is 11.0. The van der Waals surface area contributed by atoms with Crippen molar-refractivity contribution < 1.29 is 5.11 Å². The van der Waals surface area contributed by atoms with E-state index in [1.165, 1.54) is 18.4 Å². The molecule has 1 aliphatic rings. The van der Waals surface area contributed by atoms with Crippen LogP contribution in [0.1, 0.15) is 31.0 Å². The molecule has 3 rings (SSSR count). The van der Waals surface area contributed by atoms with Gasteiger partial charge in [0.15, 0.2) is 0 Å². The maximum atomic E-state index is 9.99. The van der Waals surface area contributed by atoms with Crippen LogP contribution in [0.15, 0.2) is 24.3 Å². The lowest BCUT2D eigenvalue weighted by Gasteiger charge is -2.08. The molecule has 1 aromatic heterocycles. The summed E-state index contributed by atoms with van der Waals surface area (Å²) in [6.07, 6.45) is 4.49. The third-order valence-corrected chi connectivity index (χ3v) is 3.55. The first-order chi connectivity index (χ1) is 8.28. The van der Waals surface area contributed by atoms with E-state index >= 15 is 0 Å². The largest absolute Gasteiger partial charge is 0.506 e. The monoisotopic (exact) mass is 227 g/mol. The predicted octanol–water partition coefficient (Wildman–Crippen LogP) is 3.46. The van der Waals surface area contributed by atoms with Crippen molar-refractivity contribution in [2.24, 2.45) is 5.92 Å². The lowest BCUT2D eigenvalue weighted by Crippen LogP contribution is -1.96. The average molecular weight is 227 g/mol. The molecule has 0 amide bonds. The van der Waals surface area contributed by atoms with Gasteiger partial charge in [-0.1, -0.05) is 25.1 Å². The standard InChI is InChI=1S/C15H17NO/c1-2-11-4-3-5-12-9-14(17)13(16-15(11)12)8-10-6-7-10/h3-5,9-10,17H,2,6-8H2,1H3. The molecular formula is C15H17NO. The number of aryl methyl sites for hydroxylation is 1. The third kappa shape index (κ3) is 1.99. The fourth-order valence-corrected chi connectivity index (χ4v) is 2.32. The number of pyridine rings is 1. The molecule has 0 spiro atoms. The Morgan fingerprint density at radius 1 is 1.35 bits per heavy atom. The lowest BCUT2D eigenvalue weighted by molar-refractivity contribution is 0.463. The zero-order chi connectivity index (χ0) is 11.8. The smallest absolute Gasteiger partial charge is 0.137 e. The normalized spacial score (nSPS) is 15.4. The topological polar surface area (TPSA) is 33.1 Å². The molecule has 1 fully saturated rings. The van der Waals surface area contributed by atoms with E-state index in [-0.39, 0.29) is 0 Å². The Labute approximate surface area is 101 Å². The van der Waals surface area contributed by atoms with E-state index in [0.29, 0.717) is 5.75 Å². The van der Waals surface area contributed by atoms with Crippen molar-refractivity contribution in [2.75, 3.05) is 0 Å². The first-order valence-corrected chi connectivity index (χ1v) is 6.38. The molecule has 0 atom stereocenters. The summed E-state index contributed by atoms with van der Waals surface area (Å²) in [6.45, 7) is 2.14. The van der Waals surface area contributed by atoms with Crippen LogP contribution in [0.5, 0.6) is 5.75 Å². The van der Waals surface area contributed by atoms with Gasteiger partial charge in [0.05, 0.1) is 11.2 Å². The highest BCUT2D eigenvalue weighted by Crippen LogP contribution is 2.35. The van der Waals surface area contributed by atoms with E-state index in [2.05, 4.69) is 18.0 Å². The molecule has 0 unspecified atom stereocenters. The highest BCUT2D eigenvalue weighted by atomic mass is 16.3. The quantitative estimate of drug-likeness (QED) is 0.871. The van der Waals surface area contributed by atoms with E-state index in [9.17, 15) is 5.11 Å². The number of nitrogens with zero attached hydrogens (tertiary/aromatic N) is 1. The fraction of sp³-hybridized carbons (Fsp3) is 0.400. The number of para-hydroxylation sites is 1. The molecule has 1 N–H and O–H groups in total. The fourth-order valence-electron chi connectivity index (χ4n) is 2.32. The summed E-state index contributed by atoms with van der Waals surface area (Å²) >= 11 is 0. The van der Waals surface area contributed by atoms with E-state index in [1.54, 1.807) is 0 Å². The third-order valence-electron chi connectivity index (χ3n) is 3.55. The van der Waals surface area contributed by atoms with Gasteiger partial charge in [0.2, 0.25) is 0 Å². The highest BCUT2D eigenvalue weighted by molar-refractivity contribution is 5.83. The van der Waals surface area contributed by atoms with Crippen LogP contribution in [0.25, 0.3) is 10.9 Å². The number of hydrogen-bond acceptors (Lipinski definition) is 2. The van der Waals surface area contributed by atoms with Crippen LogP contribution in [0.2, 0.25) is 0 Å². The van der Waals surface area contributed by atoms with Crippen molar-refractivity contribution >= 4 is 10.9 Å². The molecule has 0 saturated heterocycles. The van der Waals surface area contributed by atoms with Gasteiger partial charge in [-0.05, 0) is 43.2 Å². The number of fused-ring (bicyclic) bond motifs is 1. The van der Waals surface area contributed by atoms with Gasteiger partial charge in [-0.3, -0.25) is 0 Å². The van der Waals surface area contributed by atoms with Crippen LogP contribution in [0, 0.1) is 5.92 Å². The minimum absolute atomic E-state index is 0.359. The summed E-state index contributed by atoms with van der Waals surface area (Å²) in [7, 11) is 0. The lowest BCUT2D eigenvalue weighted by atomic mass is 10.1. The summed E-state index contributed by atoms with van der Waals surface area (Å²) in [5.41, 5.74) is 3.20. The Bertz CT molecular complexity index is 558. The van der Waals surface area contributed by atoms with Gasteiger partial charge in [-0.25, -0.2) is 4.98 Å². The van der Waals surface area contributed by atoms with Gasteiger partial charge in [0, 0.05) is 5.39 Å². The molecule has 1 saturated carbocycles. The van der Waals surface area contributed by atoms with Crippen LogP contribution in [0.3, 0.4) is 0 Å². The Hall–Kier alpha value is -1.57. The predicted molar refractivity (Wildman–Crippen MR) is 69.2 cm³/mol. The second-order valence-electron chi connectivity index (χ2n) is 4.94. The van der Waals surface area contributed by atoms with Crippen LogP contribution in [-0.2, 0) is 12.8 Å². The van der Waals surface area contributed by atoms with Crippen LogP contribution in [-0.4, -0.2) is 10.1 Å². The van der Waals surface area contributed by atoms with Gasteiger partial charge in [-0.2, -0.15) is 0 Å². The average Bonchev–Trinajstić information content (AvgIpc) is 3.13. The summed E-state index contributed by atoms with van der Waals surface area (Å²) < 4.78 is 0. The molecule has 1 aliphatic carbocycles. The number of aromatic nitrogens is 1. The van der Waals surface area contributed by atoms with E-state index in [1.807, 2.05) is 18.2 Å². The molecule has 2 nitrogen and oxygen atoms in total. The zero-order valence-electron chi connectivity index (χ0n) is 10.1. The van der Waals surface area contributed by atoms with Gasteiger partial charge in [-0.15, -0.1) is 0 Å². The molecule has 0 aliphatic heterocycles. The molecular weight excluding hydrogens is 210 g/mol. The molecule has 1 aromatic carbocycles. The minimum Gasteiger partial charge on any atom is -0.506 e. The Morgan fingerprint density at radius 3 is 2.88 bits per heavy atom. The maximum absolute atomic E-state index is 9.99. The molecule has 17 heavy (non-hydrogen) atoms. The second kappa shape index (κ2) is 4.02. The van der Waals surface area contributed by atoms with Crippen molar-refractivity contribution in [1.29, 1.82) is 0 Å². The first kappa shape index (κ1) is 10.6.